The number of hydrogen-bond acceptors (Lipinski definition) is 4. The van der Waals surface area contributed by atoms with Crippen molar-refractivity contribution in [1.82, 2.24) is 10.3 Å². The van der Waals surface area contributed by atoms with Gasteiger partial charge in [0.2, 0.25) is 0 Å². The van der Waals surface area contributed by atoms with Crippen LogP contribution in [-0.4, -0.2) is 28.5 Å². The molecule has 0 aliphatic rings. The van der Waals surface area contributed by atoms with Crippen LogP contribution in [0.25, 0.3) is 0 Å². The Balaban J connectivity index is 2.47. The number of hydrogen-bond donors (Lipinski definition) is 2. The number of carbonyl (C=O) groups is 2. The third-order valence-electron chi connectivity index (χ3n) is 2.23. The van der Waals surface area contributed by atoms with Crippen molar-refractivity contribution >= 4 is 23.2 Å². The highest BCUT2D eigenvalue weighted by molar-refractivity contribution is 7.10. The van der Waals surface area contributed by atoms with Crippen LogP contribution in [0, 0.1) is 0 Å². The highest BCUT2D eigenvalue weighted by Gasteiger charge is 2.20. The number of rotatable bonds is 5. The van der Waals surface area contributed by atoms with E-state index in [0.29, 0.717) is 18.7 Å². The van der Waals surface area contributed by atoms with Crippen LogP contribution in [0.3, 0.4) is 0 Å². The summed E-state index contributed by atoms with van der Waals surface area (Å²) in [5.41, 5.74) is 0.340. The van der Waals surface area contributed by atoms with Crippen LogP contribution in [0.15, 0.2) is 5.38 Å². The van der Waals surface area contributed by atoms with E-state index in [0.717, 1.165) is 5.01 Å². The van der Waals surface area contributed by atoms with E-state index in [1.165, 1.54) is 11.3 Å². The summed E-state index contributed by atoms with van der Waals surface area (Å²) < 4.78 is 0. The second-order valence-corrected chi connectivity index (χ2v) is 5.90. The van der Waals surface area contributed by atoms with E-state index in [-0.39, 0.29) is 17.7 Å². The quantitative estimate of drug-likeness (QED) is 0.802. The molecule has 100 valence electrons. The molecule has 1 amide bonds. The second kappa shape index (κ2) is 5.95. The van der Waals surface area contributed by atoms with Crippen molar-refractivity contribution in [3.05, 3.63) is 16.1 Å². The van der Waals surface area contributed by atoms with Crippen LogP contribution < -0.4 is 5.32 Å². The van der Waals surface area contributed by atoms with E-state index in [9.17, 15) is 9.59 Å². The standard InChI is InChI=1S/C12H18N2O3S/c1-12(2,3)11-14-8(7-18-11)10(17)13-6-4-5-9(15)16/h7H,4-6H2,1-3H3,(H,13,17)(H,15,16). The van der Waals surface area contributed by atoms with Gasteiger partial charge in [-0.25, -0.2) is 4.98 Å². The lowest BCUT2D eigenvalue weighted by molar-refractivity contribution is -0.137. The van der Waals surface area contributed by atoms with Crippen LogP contribution in [0.5, 0.6) is 0 Å². The van der Waals surface area contributed by atoms with E-state index in [1.54, 1.807) is 5.38 Å². The topological polar surface area (TPSA) is 79.3 Å². The van der Waals surface area contributed by atoms with Gasteiger partial charge in [-0.05, 0) is 6.42 Å². The zero-order valence-electron chi connectivity index (χ0n) is 10.8. The molecule has 0 bridgehead atoms. The molecule has 6 heteroatoms. The Hall–Kier alpha value is -1.43. The van der Waals surface area contributed by atoms with Gasteiger partial charge in [-0.2, -0.15) is 0 Å². The smallest absolute Gasteiger partial charge is 0.303 e. The van der Waals surface area contributed by atoms with Crippen molar-refractivity contribution in [2.24, 2.45) is 0 Å². The van der Waals surface area contributed by atoms with Gasteiger partial charge in [-0.1, -0.05) is 20.8 Å². The minimum absolute atomic E-state index is 0.0601. The predicted molar refractivity (Wildman–Crippen MR) is 70.0 cm³/mol. The predicted octanol–water partition coefficient (Wildman–Crippen LogP) is 2.04. The van der Waals surface area contributed by atoms with Gasteiger partial charge >= 0.3 is 5.97 Å². The van der Waals surface area contributed by atoms with Crippen LogP contribution >= 0.6 is 11.3 Å². The number of carboxylic acids is 1. The van der Waals surface area contributed by atoms with E-state index in [4.69, 9.17) is 5.11 Å². The summed E-state index contributed by atoms with van der Waals surface area (Å²) in [4.78, 5) is 26.3. The van der Waals surface area contributed by atoms with Gasteiger partial charge in [0, 0.05) is 23.8 Å². The minimum Gasteiger partial charge on any atom is -0.481 e. The fourth-order valence-electron chi connectivity index (χ4n) is 1.25. The highest BCUT2D eigenvalue weighted by atomic mass is 32.1. The molecule has 0 aromatic carbocycles. The molecule has 18 heavy (non-hydrogen) atoms. The van der Waals surface area contributed by atoms with Gasteiger partial charge in [-0.3, -0.25) is 9.59 Å². The molecular weight excluding hydrogens is 252 g/mol. The largest absolute Gasteiger partial charge is 0.481 e. The molecule has 5 nitrogen and oxygen atoms in total. The Labute approximate surface area is 110 Å². The first-order chi connectivity index (χ1) is 8.30. The Morgan fingerprint density at radius 1 is 1.44 bits per heavy atom. The Kier molecular flexibility index (Phi) is 4.84. The molecule has 0 spiro atoms. The van der Waals surface area contributed by atoms with E-state index < -0.39 is 5.97 Å². The number of aliphatic carboxylic acids is 1. The van der Waals surface area contributed by atoms with E-state index in [1.807, 2.05) is 20.8 Å². The first kappa shape index (κ1) is 14.6. The number of amides is 1. The van der Waals surface area contributed by atoms with Crippen LogP contribution in [0.1, 0.15) is 49.1 Å². The summed E-state index contributed by atoms with van der Waals surface area (Å²) in [6, 6.07) is 0. The monoisotopic (exact) mass is 270 g/mol. The summed E-state index contributed by atoms with van der Waals surface area (Å²) in [6.07, 6.45) is 0.488. The van der Waals surface area contributed by atoms with Gasteiger partial charge in [-0.15, -0.1) is 11.3 Å². The SMILES string of the molecule is CC(C)(C)c1nc(C(=O)NCCCC(=O)O)cs1. The first-order valence-corrected chi connectivity index (χ1v) is 6.64. The molecule has 1 aromatic rings. The molecule has 0 radical (unpaired) electrons. The summed E-state index contributed by atoms with van der Waals surface area (Å²) in [6.45, 7) is 6.48. The third kappa shape index (κ3) is 4.44. The van der Waals surface area contributed by atoms with E-state index >= 15 is 0 Å². The first-order valence-electron chi connectivity index (χ1n) is 5.76. The van der Waals surface area contributed by atoms with Crippen molar-refractivity contribution in [1.29, 1.82) is 0 Å². The average Bonchev–Trinajstić information content (AvgIpc) is 2.72. The van der Waals surface area contributed by atoms with Crippen molar-refractivity contribution < 1.29 is 14.7 Å². The molecule has 0 saturated heterocycles. The van der Waals surface area contributed by atoms with Crippen molar-refractivity contribution in [2.45, 2.75) is 39.0 Å². The maximum absolute atomic E-state index is 11.7. The van der Waals surface area contributed by atoms with E-state index in [2.05, 4.69) is 10.3 Å². The van der Waals surface area contributed by atoms with Gasteiger partial charge in [0.25, 0.3) is 5.91 Å². The van der Waals surface area contributed by atoms with Crippen LogP contribution in [0.2, 0.25) is 0 Å². The number of nitrogens with one attached hydrogen (secondary N) is 1. The molecule has 2 N–H and O–H groups in total. The Morgan fingerprint density at radius 2 is 2.11 bits per heavy atom. The highest BCUT2D eigenvalue weighted by Crippen LogP contribution is 2.25. The molecule has 1 rings (SSSR count). The van der Waals surface area contributed by atoms with Crippen molar-refractivity contribution in [2.75, 3.05) is 6.54 Å². The lowest BCUT2D eigenvalue weighted by Gasteiger charge is -2.13. The molecule has 0 aliphatic carbocycles. The van der Waals surface area contributed by atoms with Crippen LogP contribution in [0.4, 0.5) is 0 Å². The number of thiazole rings is 1. The van der Waals surface area contributed by atoms with Crippen molar-refractivity contribution in [3.8, 4) is 0 Å². The second-order valence-electron chi connectivity index (χ2n) is 5.04. The zero-order valence-corrected chi connectivity index (χ0v) is 11.6. The molecule has 0 atom stereocenters. The lowest BCUT2D eigenvalue weighted by Crippen LogP contribution is -2.25. The number of nitrogens with zero attached hydrogens (tertiary/aromatic N) is 1. The zero-order chi connectivity index (χ0) is 13.8. The summed E-state index contributed by atoms with van der Waals surface area (Å²) >= 11 is 1.46. The fraction of sp³-hybridized carbons (Fsp3) is 0.583. The molecular formula is C12H18N2O3S. The van der Waals surface area contributed by atoms with Gasteiger partial charge < -0.3 is 10.4 Å². The molecule has 0 aliphatic heterocycles. The van der Waals surface area contributed by atoms with Gasteiger partial charge in [0.05, 0.1) is 5.01 Å². The summed E-state index contributed by atoms with van der Waals surface area (Å²) in [7, 11) is 0. The summed E-state index contributed by atoms with van der Waals surface area (Å²) in [5, 5.41) is 13.8. The fourth-order valence-corrected chi connectivity index (χ4v) is 2.14. The Bertz CT molecular complexity index is 435. The van der Waals surface area contributed by atoms with Gasteiger partial charge in [0.15, 0.2) is 0 Å². The lowest BCUT2D eigenvalue weighted by atomic mass is 9.98. The molecule has 0 saturated carbocycles. The molecule has 1 aromatic heterocycles. The average molecular weight is 270 g/mol. The maximum atomic E-state index is 11.7. The molecule has 0 fully saturated rings. The van der Waals surface area contributed by atoms with Crippen molar-refractivity contribution in [3.63, 3.8) is 0 Å². The molecule has 1 heterocycles. The summed E-state index contributed by atoms with van der Waals surface area (Å²) in [5.74, 6) is -1.10. The normalized spacial score (nSPS) is 11.3. The third-order valence-corrected chi connectivity index (χ3v) is 3.50. The van der Waals surface area contributed by atoms with Gasteiger partial charge in [0.1, 0.15) is 5.69 Å². The number of carboxylic acid groups (broad SMARTS) is 1. The molecule has 0 unspecified atom stereocenters. The Morgan fingerprint density at radius 3 is 2.61 bits per heavy atom. The number of carbonyl (C=O) groups excluding carboxylic acids is 1. The van der Waals surface area contributed by atoms with Crippen LogP contribution in [-0.2, 0) is 10.2 Å². The number of aromatic nitrogens is 1. The minimum atomic E-state index is -0.854. The maximum Gasteiger partial charge on any atom is 0.303 e.